The summed E-state index contributed by atoms with van der Waals surface area (Å²) in [5.74, 6) is -0.878. The number of aromatic nitrogens is 2. The summed E-state index contributed by atoms with van der Waals surface area (Å²) in [6.07, 6.45) is 3.08. The van der Waals surface area contributed by atoms with E-state index < -0.39 is 11.6 Å². The van der Waals surface area contributed by atoms with Gasteiger partial charge in [0.05, 0.1) is 24.2 Å². The van der Waals surface area contributed by atoms with Gasteiger partial charge in [-0.2, -0.15) is 4.98 Å². The third-order valence-corrected chi connectivity index (χ3v) is 6.64. The van der Waals surface area contributed by atoms with Crippen LogP contribution >= 0.6 is 11.3 Å². The number of anilines is 1. The second-order valence-corrected chi connectivity index (χ2v) is 8.98. The fourth-order valence-corrected chi connectivity index (χ4v) is 4.75. The van der Waals surface area contributed by atoms with E-state index in [-0.39, 0.29) is 17.5 Å². The minimum absolute atomic E-state index is 0.0282. The van der Waals surface area contributed by atoms with Crippen LogP contribution in [0.4, 0.5) is 14.7 Å². The fraction of sp³-hybridized carbons (Fsp3) is 0.348. The molecule has 0 saturated carbocycles. The number of fused-ring (bicyclic) bond motifs is 1. The number of hydrogen-bond donors (Lipinski definition) is 0. The van der Waals surface area contributed by atoms with Crippen LogP contribution in [0.15, 0.2) is 35.7 Å². The quantitative estimate of drug-likeness (QED) is 0.572. The monoisotopic (exact) mass is 456 g/mol. The summed E-state index contributed by atoms with van der Waals surface area (Å²) in [5.41, 5.74) is 1.54. The minimum Gasteiger partial charge on any atom is -0.438 e. The van der Waals surface area contributed by atoms with E-state index in [0.717, 1.165) is 48.6 Å². The van der Waals surface area contributed by atoms with Gasteiger partial charge < -0.3 is 14.5 Å². The molecule has 5 rings (SSSR count). The lowest BCUT2D eigenvalue weighted by Crippen LogP contribution is -2.38. The zero-order valence-electron chi connectivity index (χ0n) is 17.4. The van der Waals surface area contributed by atoms with Crippen molar-refractivity contribution in [3.05, 3.63) is 63.5 Å². The summed E-state index contributed by atoms with van der Waals surface area (Å²) in [6.45, 7) is 2.63. The third kappa shape index (κ3) is 4.29. The van der Waals surface area contributed by atoms with Gasteiger partial charge in [-0.15, -0.1) is 11.3 Å². The van der Waals surface area contributed by atoms with Crippen molar-refractivity contribution in [2.45, 2.75) is 32.2 Å². The van der Waals surface area contributed by atoms with Crippen molar-refractivity contribution >= 4 is 23.2 Å². The van der Waals surface area contributed by atoms with Gasteiger partial charge in [0.25, 0.3) is 0 Å². The predicted octanol–water partition coefficient (Wildman–Crippen LogP) is 4.34. The maximum Gasteiger partial charge on any atom is 0.229 e. The Labute approximate surface area is 188 Å². The van der Waals surface area contributed by atoms with Crippen LogP contribution in [-0.4, -0.2) is 40.4 Å². The van der Waals surface area contributed by atoms with Crippen LogP contribution in [-0.2, 0) is 24.2 Å². The van der Waals surface area contributed by atoms with Crippen LogP contribution < -0.4 is 9.64 Å². The molecule has 2 aromatic heterocycles. The van der Waals surface area contributed by atoms with Crippen molar-refractivity contribution < 1.29 is 18.3 Å². The summed E-state index contributed by atoms with van der Waals surface area (Å²) in [4.78, 5) is 27.1. The average molecular weight is 457 g/mol. The van der Waals surface area contributed by atoms with Crippen molar-refractivity contribution in [2.24, 2.45) is 0 Å². The molecule has 0 bridgehead atoms. The number of benzene rings is 1. The zero-order valence-corrected chi connectivity index (χ0v) is 18.2. The molecule has 0 aliphatic carbocycles. The molecule has 3 aromatic rings. The summed E-state index contributed by atoms with van der Waals surface area (Å²) in [6, 6.07) is 7.27. The molecule has 0 unspecified atom stereocenters. The Bertz CT molecular complexity index is 1130. The van der Waals surface area contributed by atoms with E-state index in [1.807, 2.05) is 17.5 Å². The van der Waals surface area contributed by atoms with E-state index in [1.165, 1.54) is 6.07 Å². The standard InChI is InChI=1S/C23H22F2N4O2S/c24-18-6-5-15(12-19(18)25)31-22-17-14-29(21(30)13-16-4-3-11-32-16)10-7-20(17)26-23(27-22)28-8-1-2-9-28/h3-6,11-12H,1-2,7-10,13-14H2. The van der Waals surface area contributed by atoms with E-state index in [1.54, 1.807) is 16.2 Å². The van der Waals surface area contributed by atoms with Gasteiger partial charge in [0.15, 0.2) is 11.6 Å². The molecule has 2 aliphatic rings. The normalized spacial score (nSPS) is 15.7. The van der Waals surface area contributed by atoms with E-state index >= 15 is 0 Å². The number of thiophene rings is 1. The maximum atomic E-state index is 13.7. The highest BCUT2D eigenvalue weighted by Crippen LogP contribution is 2.33. The van der Waals surface area contributed by atoms with E-state index in [4.69, 9.17) is 9.72 Å². The van der Waals surface area contributed by atoms with Gasteiger partial charge in [0, 0.05) is 37.0 Å². The van der Waals surface area contributed by atoms with Gasteiger partial charge in [-0.1, -0.05) is 6.07 Å². The fourth-order valence-electron chi connectivity index (χ4n) is 4.05. The highest BCUT2D eigenvalue weighted by Gasteiger charge is 2.28. The van der Waals surface area contributed by atoms with Crippen LogP contribution in [0.1, 0.15) is 29.0 Å². The predicted molar refractivity (Wildman–Crippen MR) is 117 cm³/mol. The van der Waals surface area contributed by atoms with Gasteiger partial charge in [-0.05, 0) is 36.4 Å². The largest absolute Gasteiger partial charge is 0.438 e. The molecule has 166 valence electrons. The molecule has 1 saturated heterocycles. The van der Waals surface area contributed by atoms with Gasteiger partial charge in [0.1, 0.15) is 5.75 Å². The molecule has 32 heavy (non-hydrogen) atoms. The van der Waals surface area contributed by atoms with Crippen molar-refractivity contribution in [2.75, 3.05) is 24.5 Å². The van der Waals surface area contributed by atoms with Crippen molar-refractivity contribution in [1.29, 1.82) is 0 Å². The summed E-state index contributed by atoms with van der Waals surface area (Å²) < 4.78 is 33.0. The molecule has 0 radical (unpaired) electrons. The Morgan fingerprint density at radius 3 is 2.69 bits per heavy atom. The molecule has 1 aromatic carbocycles. The summed E-state index contributed by atoms with van der Waals surface area (Å²) in [5, 5.41) is 1.95. The van der Waals surface area contributed by atoms with Crippen molar-refractivity contribution in [3.8, 4) is 11.6 Å². The Hall–Kier alpha value is -3.07. The first kappa shape index (κ1) is 20.8. The van der Waals surface area contributed by atoms with Gasteiger partial charge >= 0.3 is 0 Å². The summed E-state index contributed by atoms with van der Waals surface area (Å²) in [7, 11) is 0. The molecule has 0 N–H and O–H groups in total. The number of hydrogen-bond acceptors (Lipinski definition) is 6. The second kappa shape index (κ2) is 8.82. The first-order valence-electron chi connectivity index (χ1n) is 10.6. The van der Waals surface area contributed by atoms with Gasteiger partial charge in [0.2, 0.25) is 17.7 Å². The number of rotatable bonds is 5. The molecule has 1 amide bonds. The number of ether oxygens (including phenoxy) is 1. The van der Waals surface area contributed by atoms with E-state index in [0.29, 0.717) is 37.4 Å². The second-order valence-electron chi connectivity index (χ2n) is 7.95. The van der Waals surface area contributed by atoms with Crippen LogP contribution in [0, 0.1) is 11.6 Å². The highest BCUT2D eigenvalue weighted by molar-refractivity contribution is 7.10. The Morgan fingerprint density at radius 1 is 1.09 bits per heavy atom. The first-order valence-corrected chi connectivity index (χ1v) is 11.5. The van der Waals surface area contributed by atoms with Crippen LogP contribution in [0.5, 0.6) is 11.6 Å². The van der Waals surface area contributed by atoms with Crippen molar-refractivity contribution in [1.82, 2.24) is 14.9 Å². The van der Waals surface area contributed by atoms with Gasteiger partial charge in [-0.25, -0.2) is 13.8 Å². The van der Waals surface area contributed by atoms with E-state index in [9.17, 15) is 13.6 Å². The van der Waals surface area contributed by atoms with Crippen LogP contribution in [0.3, 0.4) is 0 Å². The minimum atomic E-state index is -0.988. The SMILES string of the molecule is O=C(Cc1cccs1)N1CCc2nc(N3CCCC3)nc(Oc3ccc(F)c(F)c3)c2C1. The number of carbonyl (C=O) groups is 1. The third-order valence-electron chi connectivity index (χ3n) is 5.76. The van der Waals surface area contributed by atoms with Gasteiger partial charge in [-0.3, -0.25) is 4.79 Å². The van der Waals surface area contributed by atoms with Crippen LogP contribution in [0.2, 0.25) is 0 Å². The lowest BCUT2D eigenvalue weighted by atomic mass is 10.1. The average Bonchev–Trinajstić information content (AvgIpc) is 3.50. The molecule has 4 heterocycles. The molecule has 1 fully saturated rings. The summed E-state index contributed by atoms with van der Waals surface area (Å²) >= 11 is 1.56. The number of carbonyl (C=O) groups excluding carboxylic acids is 1. The van der Waals surface area contributed by atoms with Crippen molar-refractivity contribution in [3.63, 3.8) is 0 Å². The molecule has 9 heteroatoms. The van der Waals surface area contributed by atoms with Crippen LogP contribution in [0.25, 0.3) is 0 Å². The lowest BCUT2D eigenvalue weighted by molar-refractivity contribution is -0.131. The topological polar surface area (TPSA) is 58.6 Å². The number of halogens is 2. The zero-order chi connectivity index (χ0) is 22.1. The smallest absolute Gasteiger partial charge is 0.229 e. The Morgan fingerprint density at radius 2 is 1.94 bits per heavy atom. The lowest BCUT2D eigenvalue weighted by Gasteiger charge is -2.30. The maximum absolute atomic E-state index is 13.7. The first-order chi connectivity index (χ1) is 15.6. The molecule has 0 spiro atoms. The molecule has 6 nitrogen and oxygen atoms in total. The number of nitrogens with zero attached hydrogens (tertiary/aromatic N) is 4. The Kier molecular flexibility index (Phi) is 5.73. The van der Waals surface area contributed by atoms with E-state index in [2.05, 4.69) is 9.88 Å². The molecule has 2 aliphatic heterocycles. The number of amides is 1. The molecule has 0 atom stereocenters. The molecular formula is C23H22F2N4O2S. The molecular weight excluding hydrogens is 434 g/mol. The highest BCUT2D eigenvalue weighted by atomic mass is 32.1. The Balaban J connectivity index is 1.45.